The number of phosphoric acid groups is 2. The minimum Gasteiger partial charge on any atom is -0.462 e. The van der Waals surface area contributed by atoms with E-state index in [4.69, 9.17) is 37.0 Å². The Kier molecular flexibility index (Phi) is 79.8. The van der Waals surface area contributed by atoms with Crippen molar-refractivity contribution in [2.75, 3.05) is 39.6 Å². The Morgan fingerprint density at radius 1 is 0.248 bits per heavy atom. The van der Waals surface area contributed by atoms with E-state index in [9.17, 15) is 43.2 Å². The minimum absolute atomic E-state index is 0.107. The molecule has 2 unspecified atom stereocenters. The lowest BCUT2D eigenvalue weighted by Gasteiger charge is -2.21. The molecule has 0 bridgehead atoms. The predicted molar refractivity (Wildman–Crippen MR) is 451 cm³/mol. The SMILES string of the molecule is CCCCCCCCCCCCCCCCCCCCCCCCC(=O)O[C@H](COC(=O)CCCCCCCCCCCCCCCCCCCCCCC)COP(=O)(O)OC[C@@H](O)COP(=O)(O)OC[C@@H](COC(=O)CCCCCCCCCC(C)C)OC(=O)CCCCCCCCCCCCCCCC(C)C. The molecule has 5 atom stereocenters. The molecule has 0 radical (unpaired) electrons. The monoisotopic (exact) mass is 1590 g/mol. The molecule has 109 heavy (non-hydrogen) atoms. The van der Waals surface area contributed by atoms with Crippen LogP contribution in [-0.2, 0) is 65.4 Å². The molecule has 0 aromatic heterocycles. The highest BCUT2D eigenvalue weighted by molar-refractivity contribution is 7.47. The van der Waals surface area contributed by atoms with Crippen LogP contribution in [0.15, 0.2) is 0 Å². The molecule has 19 heteroatoms. The summed E-state index contributed by atoms with van der Waals surface area (Å²) in [6.07, 6.45) is 75.3. The lowest BCUT2D eigenvalue weighted by Crippen LogP contribution is -2.30. The summed E-state index contributed by atoms with van der Waals surface area (Å²) >= 11 is 0. The van der Waals surface area contributed by atoms with Crippen molar-refractivity contribution in [2.24, 2.45) is 11.8 Å². The summed E-state index contributed by atoms with van der Waals surface area (Å²) in [5, 5.41) is 10.7. The van der Waals surface area contributed by atoms with E-state index in [0.29, 0.717) is 31.6 Å². The van der Waals surface area contributed by atoms with Gasteiger partial charge in [0.1, 0.15) is 19.3 Å². The average Bonchev–Trinajstić information content (AvgIpc) is 0.903. The van der Waals surface area contributed by atoms with Crippen molar-refractivity contribution >= 4 is 39.5 Å². The van der Waals surface area contributed by atoms with Crippen LogP contribution in [0.25, 0.3) is 0 Å². The van der Waals surface area contributed by atoms with Crippen LogP contribution in [0.5, 0.6) is 0 Å². The number of phosphoric ester groups is 2. The van der Waals surface area contributed by atoms with Crippen LogP contribution in [0.3, 0.4) is 0 Å². The molecule has 0 rings (SSSR count). The van der Waals surface area contributed by atoms with Crippen LogP contribution in [0.2, 0.25) is 0 Å². The highest BCUT2D eigenvalue weighted by atomic mass is 31.2. The van der Waals surface area contributed by atoms with Crippen LogP contribution in [0.1, 0.15) is 485 Å². The second-order valence-electron chi connectivity index (χ2n) is 33.3. The Labute approximate surface area is 670 Å². The van der Waals surface area contributed by atoms with Crippen LogP contribution in [0, 0.1) is 11.8 Å². The molecular weight excluding hydrogens is 1410 g/mol. The zero-order valence-electron chi connectivity index (χ0n) is 71.9. The maximum absolute atomic E-state index is 13.2. The van der Waals surface area contributed by atoms with Crippen molar-refractivity contribution in [3.05, 3.63) is 0 Å². The van der Waals surface area contributed by atoms with Gasteiger partial charge in [-0.1, -0.05) is 433 Å². The summed E-state index contributed by atoms with van der Waals surface area (Å²) in [5.74, 6) is -0.609. The first-order valence-corrected chi connectivity index (χ1v) is 49.5. The van der Waals surface area contributed by atoms with E-state index in [1.54, 1.807) is 0 Å². The smallest absolute Gasteiger partial charge is 0.462 e. The van der Waals surface area contributed by atoms with Gasteiger partial charge in [-0.15, -0.1) is 0 Å². The van der Waals surface area contributed by atoms with Gasteiger partial charge < -0.3 is 33.8 Å². The number of carbonyl (C=O) groups excluding carboxylic acids is 4. The fraction of sp³-hybridized carbons (Fsp3) is 0.956. The second kappa shape index (κ2) is 81.2. The van der Waals surface area contributed by atoms with Crippen molar-refractivity contribution in [1.82, 2.24) is 0 Å². The quantitative estimate of drug-likeness (QED) is 0.0222. The zero-order chi connectivity index (χ0) is 79.9. The van der Waals surface area contributed by atoms with Crippen molar-refractivity contribution in [3.63, 3.8) is 0 Å². The molecule has 0 heterocycles. The molecule has 0 aromatic rings. The van der Waals surface area contributed by atoms with Gasteiger partial charge in [-0.3, -0.25) is 37.3 Å². The number of esters is 4. The van der Waals surface area contributed by atoms with E-state index in [1.807, 2.05) is 0 Å². The maximum Gasteiger partial charge on any atom is 0.472 e. The Balaban J connectivity index is 5.21. The van der Waals surface area contributed by atoms with Gasteiger partial charge in [0, 0.05) is 25.7 Å². The zero-order valence-corrected chi connectivity index (χ0v) is 73.7. The third-order valence-electron chi connectivity index (χ3n) is 21.2. The summed E-state index contributed by atoms with van der Waals surface area (Å²) in [6.45, 7) is 9.65. The predicted octanol–water partition coefficient (Wildman–Crippen LogP) is 27.8. The summed E-state index contributed by atoms with van der Waals surface area (Å²) in [7, 11) is -9.93. The number of hydrogen-bond acceptors (Lipinski definition) is 15. The lowest BCUT2D eigenvalue weighted by atomic mass is 10.0. The van der Waals surface area contributed by atoms with E-state index in [1.165, 1.54) is 295 Å². The molecule has 17 nitrogen and oxygen atoms in total. The molecular formula is C90H176O17P2. The van der Waals surface area contributed by atoms with E-state index in [2.05, 4.69) is 41.5 Å². The first-order valence-electron chi connectivity index (χ1n) is 46.5. The van der Waals surface area contributed by atoms with Gasteiger partial charge in [-0.25, -0.2) is 9.13 Å². The first kappa shape index (κ1) is 107. The van der Waals surface area contributed by atoms with Gasteiger partial charge in [0.25, 0.3) is 0 Å². The summed E-state index contributed by atoms with van der Waals surface area (Å²) < 4.78 is 69.0. The molecule has 0 fully saturated rings. The van der Waals surface area contributed by atoms with E-state index in [-0.39, 0.29) is 25.7 Å². The van der Waals surface area contributed by atoms with E-state index >= 15 is 0 Å². The molecule has 0 aliphatic rings. The van der Waals surface area contributed by atoms with E-state index in [0.717, 1.165) is 102 Å². The largest absolute Gasteiger partial charge is 0.472 e. The molecule has 0 aromatic carbocycles. The Morgan fingerprint density at radius 3 is 0.624 bits per heavy atom. The summed E-state index contributed by atoms with van der Waals surface area (Å²) in [5.41, 5.74) is 0. The maximum atomic E-state index is 13.2. The topological polar surface area (TPSA) is 237 Å². The Bertz CT molecular complexity index is 2080. The van der Waals surface area contributed by atoms with Gasteiger partial charge in [0.15, 0.2) is 12.2 Å². The highest BCUT2D eigenvalue weighted by Crippen LogP contribution is 2.45. The third-order valence-corrected chi connectivity index (χ3v) is 23.1. The number of unbranched alkanes of at least 4 members (excludes halogenated alkanes) is 59. The van der Waals surface area contributed by atoms with Gasteiger partial charge in [-0.05, 0) is 37.5 Å². The molecule has 0 amide bonds. The molecule has 0 aliphatic heterocycles. The molecule has 0 saturated carbocycles. The minimum atomic E-state index is -4.97. The van der Waals surface area contributed by atoms with Gasteiger partial charge in [0.2, 0.25) is 0 Å². The third kappa shape index (κ3) is 83.8. The van der Waals surface area contributed by atoms with Crippen LogP contribution in [-0.4, -0.2) is 96.7 Å². The average molecular weight is 1590 g/mol. The van der Waals surface area contributed by atoms with Gasteiger partial charge >= 0.3 is 39.5 Å². The molecule has 0 saturated heterocycles. The Hall–Kier alpha value is -1.94. The number of aliphatic hydroxyl groups excluding tert-OH is 1. The van der Waals surface area contributed by atoms with Crippen molar-refractivity contribution in [1.29, 1.82) is 0 Å². The number of carbonyl (C=O) groups is 4. The summed E-state index contributed by atoms with van der Waals surface area (Å²) in [4.78, 5) is 73.3. The first-order chi connectivity index (χ1) is 52.9. The second-order valence-corrected chi connectivity index (χ2v) is 36.2. The fourth-order valence-electron chi connectivity index (χ4n) is 14.1. The van der Waals surface area contributed by atoms with Crippen molar-refractivity contribution in [3.8, 4) is 0 Å². The summed E-state index contributed by atoms with van der Waals surface area (Å²) in [6, 6.07) is 0. The fourth-order valence-corrected chi connectivity index (χ4v) is 15.7. The number of rotatable bonds is 89. The number of aliphatic hydroxyl groups is 1. The lowest BCUT2D eigenvalue weighted by molar-refractivity contribution is -0.161. The molecule has 0 aliphatic carbocycles. The van der Waals surface area contributed by atoms with Crippen LogP contribution < -0.4 is 0 Å². The van der Waals surface area contributed by atoms with Crippen LogP contribution >= 0.6 is 15.6 Å². The number of ether oxygens (including phenoxy) is 4. The van der Waals surface area contributed by atoms with Crippen molar-refractivity contribution < 1.29 is 80.2 Å². The number of hydrogen-bond donors (Lipinski definition) is 3. The normalized spacial score (nSPS) is 13.8. The van der Waals surface area contributed by atoms with E-state index < -0.39 is 97.5 Å². The highest BCUT2D eigenvalue weighted by Gasteiger charge is 2.31. The molecule has 0 spiro atoms. The van der Waals surface area contributed by atoms with Crippen LogP contribution in [0.4, 0.5) is 0 Å². The van der Waals surface area contributed by atoms with Gasteiger partial charge in [0.05, 0.1) is 26.4 Å². The molecule has 3 N–H and O–H groups in total. The van der Waals surface area contributed by atoms with Crippen molar-refractivity contribution in [2.45, 2.75) is 503 Å². The molecule has 648 valence electrons. The van der Waals surface area contributed by atoms with Gasteiger partial charge in [-0.2, -0.15) is 0 Å². The standard InChI is InChI=1S/C90H176O17P2/c1-7-9-11-13-15-17-19-21-23-25-27-29-31-33-35-37-41-45-49-55-62-68-74-89(94)106-85(78-100-87(92)72-66-60-54-48-44-40-36-34-32-30-28-26-24-22-20-18-16-14-12-10-8-2)80-104-108(96,97)102-76-84(91)77-103-109(98,99)105-81-86(79-101-88(93)73-67-61-57-51-53-59-65-71-83(5)6)107-90(95)75-69-63-56-50-46-42-38-39-43-47-52-58-64-70-82(3)4/h82-86,91H,7-81H2,1-6H3,(H,96,97)(H,98,99)/t84-,85-,86-/m1/s1. The Morgan fingerprint density at radius 2 is 0.422 bits per heavy atom.